The Morgan fingerprint density at radius 2 is 1.96 bits per heavy atom. The molecule has 24 heavy (non-hydrogen) atoms. The molecule has 1 aromatic heterocycles. The number of benzene rings is 1. The number of fused-ring (bicyclic) bond motifs is 1. The van der Waals surface area contributed by atoms with Gasteiger partial charge in [0.2, 0.25) is 0 Å². The first kappa shape index (κ1) is 17.7. The Labute approximate surface area is 140 Å². The van der Waals surface area contributed by atoms with E-state index in [1.807, 2.05) is 13.8 Å². The molecule has 1 amide bonds. The lowest BCUT2D eigenvalue weighted by Crippen LogP contribution is -2.25. The molecule has 0 radical (unpaired) electrons. The van der Waals surface area contributed by atoms with Crippen LogP contribution in [-0.4, -0.2) is 10.5 Å². The van der Waals surface area contributed by atoms with Gasteiger partial charge in [-0.25, -0.2) is 4.39 Å². The fraction of sp³-hybridized carbons (Fsp3) is 0.333. The van der Waals surface area contributed by atoms with Crippen LogP contribution in [0.15, 0.2) is 29.1 Å². The predicted octanol–water partition coefficient (Wildman–Crippen LogP) is 3.11. The van der Waals surface area contributed by atoms with Crippen LogP contribution in [0, 0.1) is 12.7 Å². The highest BCUT2D eigenvalue weighted by Gasteiger charge is 2.23. The molecule has 0 saturated carbocycles. The minimum atomic E-state index is -0.624. The Hall–Kier alpha value is -2.63. The minimum absolute atomic E-state index is 0.204. The lowest BCUT2D eigenvalue weighted by molar-refractivity contribution is 0.0999. The van der Waals surface area contributed by atoms with Crippen LogP contribution in [0.5, 0.6) is 0 Å². The molecule has 5 nitrogen and oxygen atoms in total. The van der Waals surface area contributed by atoms with Crippen molar-refractivity contribution < 1.29 is 9.18 Å². The third kappa shape index (κ3) is 3.32. The second kappa shape index (κ2) is 7.29. The number of aryl methyl sites for hydroxylation is 1. The van der Waals surface area contributed by atoms with Gasteiger partial charge in [-0.3, -0.25) is 9.59 Å². The Morgan fingerprint density at radius 1 is 1.25 bits per heavy atom. The maximum Gasteiger partial charge on any atom is 0.252 e. The number of nitrogens with one attached hydrogen (secondary N) is 1. The van der Waals surface area contributed by atoms with Crippen LogP contribution in [0.4, 0.5) is 15.8 Å². The summed E-state index contributed by atoms with van der Waals surface area (Å²) in [5, 5.41) is 2.83. The summed E-state index contributed by atoms with van der Waals surface area (Å²) < 4.78 is 15.5. The predicted molar refractivity (Wildman–Crippen MR) is 93.3 cm³/mol. The van der Waals surface area contributed by atoms with Crippen molar-refractivity contribution in [2.24, 2.45) is 5.73 Å². The average Bonchev–Trinajstić information content (AvgIpc) is 3.01. The molecule has 1 aliphatic heterocycles. The lowest BCUT2D eigenvalue weighted by Gasteiger charge is -2.15. The van der Waals surface area contributed by atoms with E-state index in [4.69, 9.17) is 5.73 Å². The van der Waals surface area contributed by atoms with E-state index < -0.39 is 11.7 Å². The van der Waals surface area contributed by atoms with Crippen molar-refractivity contribution in [1.82, 2.24) is 4.57 Å². The standard InChI is InChI=1S/C16H16FN3O2.C2H6/c1-9-4-5-11(10(17)7-9)19-12-8-14(21)20-6-2-3-13(20)15(12)16(18)22;1-2/h4-5,7-8,19H,2-3,6H2,1H3,(H2,18,22);1-2H3. The van der Waals surface area contributed by atoms with Crippen molar-refractivity contribution in [1.29, 1.82) is 0 Å². The van der Waals surface area contributed by atoms with Gasteiger partial charge in [-0.1, -0.05) is 19.9 Å². The molecule has 2 heterocycles. The first-order valence-electron chi connectivity index (χ1n) is 8.07. The molecule has 0 fully saturated rings. The number of carbonyl (C=O) groups is 1. The molecular formula is C18H22FN3O2. The number of halogens is 1. The number of nitrogens with zero attached hydrogens (tertiary/aromatic N) is 1. The Morgan fingerprint density at radius 3 is 2.58 bits per heavy atom. The molecule has 0 aliphatic carbocycles. The summed E-state index contributed by atoms with van der Waals surface area (Å²) in [6, 6.07) is 6.00. The van der Waals surface area contributed by atoms with Gasteiger partial charge in [0.05, 0.1) is 16.9 Å². The summed E-state index contributed by atoms with van der Waals surface area (Å²) in [6.45, 7) is 6.36. The van der Waals surface area contributed by atoms with Crippen LogP contribution in [0.2, 0.25) is 0 Å². The number of primary amides is 1. The van der Waals surface area contributed by atoms with Gasteiger partial charge < -0.3 is 15.6 Å². The molecule has 0 spiro atoms. The first-order valence-corrected chi connectivity index (χ1v) is 8.07. The van der Waals surface area contributed by atoms with E-state index in [0.717, 1.165) is 12.0 Å². The Balaban J connectivity index is 0.00000100. The SMILES string of the molecule is CC.Cc1ccc(Nc2cc(=O)n3c(c2C(N)=O)CCC3)c(F)c1. The zero-order chi connectivity index (χ0) is 17.9. The zero-order valence-electron chi connectivity index (χ0n) is 14.1. The van der Waals surface area contributed by atoms with Gasteiger partial charge in [-0.15, -0.1) is 0 Å². The quantitative estimate of drug-likeness (QED) is 0.907. The number of nitrogens with two attached hydrogens (primary N) is 1. The summed E-state index contributed by atoms with van der Waals surface area (Å²) >= 11 is 0. The largest absolute Gasteiger partial charge is 0.365 e. The van der Waals surface area contributed by atoms with Gasteiger partial charge >= 0.3 is 0 Å². The average molecular weight is 331 g/mol. The second-order valence-corrected chi connectivity index (χ2v) is 5.45. The third-order valence-electron chi connectivity index (χ3n) is 3.85. The maximum absolute atomic E-state index is 14.0. The molecule has 3 rings (SSSR count). The highest BCUT2D eigenvalue weighted by Crippen LogP contribution is 2.27. The van der Waals surface area contributed by atoms with Crippen LogP contribution < -0.4 is 16.6 Å². The van der Waals surface area contributed by atoms with Crippen LogP contribution in [0.3, 0.4) is 0 Å². The molecule has 0 bridgehead atoms. The molecule has 1 aliphatic rings. The number of carbonyl (C=O) groups excluding carboxylic acids is 1. The van der Waals surface area contributed by atoms with Crippen molar-refractivity contribution in [3.8, 4) is 0 Å². The van der Waals surface area contributed by atoms with Crippen molar-refractivity contribution in [3.63, 3.8) is 0 Å². The molecule has 128 valence electrons. The highest BCUT2D eigenvalue weighted by molar-refractivity contribution is 6.00. The van der Waals surface area contributed by atoms with Gasteiger partial charge in [-0.2, -0.15) is 0 Å². The number of pyridine rings is 1. The van der Waals surface area contributed by atoms with Crippen molar-refractivity contribution in [2.45, 2.75) is 40.2 Å². The van der Waals surface area contributed by atoms with E-state index in [9.17, 15) is 14.0 Å². The van der Waals surface area contributed by atoms with Gasteiger partial charge in [0.1, 0.15) is 5.82 Å². The minimum Gasteiger partial charge on any atom is -0.365 e. The van der Waals surface area contributed by atoms with Gasteiger partial charge in [0.25, 0.3) is 11.5 Å². The fourth-order valence-corrected chi connectivity index (χ4v) is 2.85. The smallest absolute Gasteiger partial charge is 0.252 e. The molecule has 1 aromatic carbocycles. The molecule has 0 saturated heterocycles. The molecular weight excluding hydrogens is 309 g/mol. The van der Waals surface area contributed by atoms with Crippen molar-refractivity contribution in [3.05, 3.63) is 57.3 Å². The van der Waals surface area contributed by atoms with Crippen molar-refractivity contribution >= 4 is 17.3 Å². The molecule has 0 unspecified atom stereocenters. The van der Waals surface area contributed by atoms with Crippen LogP contribution in [0.1, 0.15) is 41.9 Å². The van der Waals surface area contributed by atoms with E-state index in [1.54, 1.807) is 23.6 Å². The summed E-state index contributed by atoms with van der Waals surface area (Å²) in [6.07, 6.45) is 1.40. The highest BCUT2D eigenvalue weighted by atomic mass is 19.1. The van der Waals surface area contributed by atoms with E-state index in [-0.39, 0.29) is 22.5 Å². The van der Waals surface area contributed by atoms with E-state index in [1.165, 1.54) is 12.1 Å². The number of amides is 1. The fourth-order valence-electron chi connectivity index (χ4n) is 2.85. The van der Waals surface area contributed by atoms with E-state index in [0.29, 0.717) is 18.7 Å². The van der Waals surface area contributed by atoms with Gasteiger partial charge in [0.15, 0.2) is 0 Å². The number of hydrogen-bond acceptors (Lipinski definition) is 3. The summed E-state index contributed by atoms with van der Waals surface area (Å²) in [4.78, 5) is 23.9. The monoisotopic (exact) mass is 331 g/mol. The van der Waals surface area contributed by atoms with E-state index >= 15 is 0 Å². The van der Waals surface area contributed by atoms with E-state index in [2.05, 4.69) is 5.32 Å². The number of anilines is 2. The number of rotatable bonds is 3. The molecule has 0 atom stereocenters. The van der Waals surface area contributed by atoms with Gasteiger partial charge in [-0.05, 0) is 37.5 Å². The van der Waals surface area contributed by atoms with Crippen LogP contribution in [0.25, 0.3) is 0 Å². The first-order chi connectivity index (χ1) is 11.5. The third-order valence-corrected chi connectivity index (χ3v) is 3.85. The van der Waals surface area contributed by atoms with Crippen LogP contribution >= 0.6 is 0 Å². The van der Waals surface area contributed by atoms with Crippen molar-refractivity contribution in [2.75, 3.05) is 5.32 Å². The Bertz CT molecular complexity index is 828. The second-order valence-electron chi connectivity index (χ2n) is 5.45. The molecule has 2 aromatic rings. The normalized spacial score (nSPS) is 12.2. The molecule has 3 N–H and O–H groups in total. The van der Waals surface area contributed by atoms with Crippen LogP contribution in [-0.2, 0) is 13.0 Å². The zero-order valence-corrected chi connectivity index (χ0v) is 14.1. The summed E-state index contributed by atoms with van der Waals surface area (Å²) in [5.41, 5.74) is 7.38. The maximum atomic E-state index is 14.0. The number of hydrogen-bond donors (Lipinski definition) is 2. The van der Waals surface area contributed by atoms with Gasteiger partial charge in [0, 0.05) is 18.3 Å². The number of aromatic nitrogens is 1. The molecule has 6 heteroatoms. The summed E-state index contributed by atoms with van der Waals surface area (Å²) in [5.74, 6) is -1.07. The lowest BCUT2D eigenvalue weighted by atomic mass is 10.1. The summed E-state index contributed by atoms with van der Waals surface area (Å²) in [7, 11) is 0. The topological polar surface area (TPSA) is 77.1 Å². The Kier molecular flexibility index (Phi) is 5.39.